The first-order chi connectivity index (χ1) is 12.6. The number of hydrogen-bond donors (Lipinski definition) is 2. The summed E-state index contributed by atoms with van der Waals surface area (Å²) in [5, 5.41) is 13.7. The Morgan fingerprint density at radius 3 is 2.96 bits per heavy atom. The molecule has 3 aliphatic rings. The standard InChI is InChI=1S/C17H25N5O4.ClH/c1-10-17(21-26-20-10)25-6-5-19-16(24)15-12-7-11(8-18-9-12)13-3-2-4-14(23)22(13)15;/h11-13,15,18H,2-9H2,1H3,(H,19,24);1H/t11-,12+,13+,15-;/m1./s1. The van der Waals surface area contributed by atoms with E-state index in [0.29, 0.717) is 30.5 Å². The summed E-state index contributed by atoms with van der Waals surface area (Å²) >= 11 is 0. The SMILES string of the molecule is Cc1nonc1OCCNC(=O)[C@H]1[C@@H]2CNC[C@@H](C2)[C@@H]2CCCC(=O)N21.Cl. The number of carbonyl (C=O) groups excluding carboxylic acids is 2. The molecule has 27 heavy (non-hydrogen) atoms. The van der Waals surface area contributed by atoms with Crippen molar-refractivity contribution in [1.29, 1.82) is 0 Å². The minimum absolute atomic E-state index is 0. The van der Waals surface area contributed by atoms with Gasteiger partial charge in [-0.15, -0.1) is 12.4 Å². The second-order valence-electron chi connectivity index (χ2n) is 7.41. The topological polar surface area (TPSA) is 110 Å². The molecule has 4 rings (SSSR count). The average Bonchev–Trinajstić information content (AvgIpc) is 3.05. The molecule has 3 fully saturated rings. The van der Waals surface area contributed by atoms with Crippen molar-refractivity contribution >= 4 is 24.2 Å². The molecule has 3 aliphatic heterocycles. The summed E-state index contributed by atoms with van der Waals surface area (Å²) in [7, 11) is 0. The molecule has 1 aromatic rings. The molecule has 0 unspecified atom stereocenters. The Balaban J connectivity index is 0.00000210. The van der Waals surface area contributed by atoms with Crippen molar-refractivity contribution in [3.8, 4) is 5.88 Å². The lowest BCUT2D eigenvalue weighted by molar-refractivity contribution is -0.157. The molecule has 2 N–H and O–H groups in total. The van der Waals surface area contributed by atoms with Gasteiger partial charge in [-0.1, -0.05) is 5.16 Å². The summed E-state index contributed by atoms with van der Waals surface area (Å²) in [6.07, 6.45) is 3.49. The van der Waals surface area contributed by atoms with Gasteiger partial charge in [-0.25, -0.2) is 4.63 Å². The molecule has 150 valence electrons. The number of aromatic nitrogens is 2. The third-order valence-corrected chi connectivity index (χ3v) is 5.76. The monoisotopic (exact) mass is 399 g/mol. The maximum absolute atomic E-state index is 12.9. The van der Waals surface area contributed by atoms with Gasteiger partial charge in [0.15, 0.2) is 0 Å². The van der Waals surface area contributed by atoms with E-state index < -0.39 is 0 Å². The van der Waals surface area contributed by atoms with Gasteiger partial charge in [0.25, 0.3) is 5.88 Å². The van der Waals surface area contributed by atoms with Crippen molar-refractivity contribution in [1.82, 2.24) is 25.8 Å². The molecule has 0 saturated carbocycles. The molecular formula is C17H26ClN5O4. The van der Waals surface area contributed by atoms with Gasteiger partial charge in [0, 0.05) is 24.9 Å². The molecule has 4 atom stereocenters. The van der Waals surface area contributed by atoms with E-state index in [1.807, 2.05) is 4.90 Å². The van der Waals surface area contributed by atoms with Crippen LogP contribution in [0.2, 0.25) is 0 Å². The Labute approximate surface area is 163 Å². The van der Waals surface area contributed by atoms with Crippen LogP contribution >= 0.6 is 12.4 Å². The number of ether oxygens (including phenoxy) is 1. The normalized spacial score (nSPS) is 29.5. The number of nitrogens with zero attached hydrogens (tertiary/aromatic N) is 3. The Kier molecular flexibility index (Phi) is 6.21. The summed E-state index contributed by atoms with van der Waals surface area (Å²) in [6.45, 7) is 4.08. The zero-order chi connectivity index (χ0) is 18.1. The molecule has 2 bridgehead atoms. The summed E-state index contributed by atoms with van der Waals surface area (Å²) in [5.41, 5.74) is 0.574. The highest BCUT2D eigenvalue weighted by atomic mass is 35.5. The van der Waals surface area contributed by atoms with Crippen molar-refractivity contribution in [2.75, 3.05) is 26.2 Å². The van der Waals surface area contributed by atoms with E-state index in [1.165, 1.54) is 0 Å². The van der Waals surface area contributed by atoms with Crippen LogP contribution in [0.5, 0.6) is 5.88 Å². The summed E-state index contributed by atoms with van der Waals surface area (Å²) in [5.74, 6) is 1.01. The van der Waals surface area contributed by atoms with E-state index in [1.54, 1.807) is 6.92 Å². The van der Waals surface area contributed by atoms with Crippen LogP contribution in [0.3, 0.4) is 0 Å². The average molecular weight is 400 g/mol. The Bertz CT molecular complexity index is 684. The third-order valence-electron chi connectivity index (χ3n) is 5.76. The van der Waals surface area contributed by atoms with Crippen LogP contribution in [0.1, 0.15) is 31.4 Å². The van der Waals surface area contributed by atoms with E-state index in [9.17, 15) is 9.59 Å². The predicted octanol–water partition coefficient (Wildman–Crippen LogP) is 0.284. The predicted molar refractivity (Wildman–Crippen MR) is 97.5 cm³/mol. The van der Waals surface area contributed by atoms with Crippen LogP contribution in [-0.2, 0) is 9.59 Å². The number of nitrogens with one attached hydrogen (secondary N) is 2. The molecule has 0 spiro atoms. The Hall–Kier alpha value is -1.87. The molecule has 4 heterocycles. The first-order valence-electron chi connectivity index (χ1n) is 9.36. The minimum atomic E-state index is -0.382. The van der Waals surface area contributed by atoms with Gasteiger partial charge in [-0.05, 0) is 43.8 Å². The largest absolute Gasteiger partial charge is 0.472 e. The fourth-order valence-corrected chi connectivity index (χ4v) is 4.63. The molecule has 9 nitrogen and oxygen atoms in total. The zero-order valence-corrected chi connectivity index (χ0v) is 16.2. The maximum atomic E-state index is 12.9. The van der Waals surface area contributed by atoms with E-state index in [-0.39, 0.29) is 48.8 Å². The fourth-order valence-electron chi connectivity index (χ4n) is 4.63. The van der Waals surface area contributed by atoms with Gasteiger partial charge in [0.05, 0.1) is 6.54 Å². The maximum Gasteiger partial charge on any atom is 0.278 e. The molecule has 0 aromatic carbocycles. The second-order valence-corrected chi connectivity index (χ2v) is 7.41. The lowest BCUT2D eigenvalue weighted by atomic mass is 9.72. The number of piperidine rings is 3. The van der Waals surface area contributed by atoms with Crippen molar-refractivity contribution in [3.63, 3.8) is 0 Å². The zero-order valence-electron chi connectivity index (χ0n) is 15.3. The van der Waals surface area contributed by atoms with Crippen LogP contribution < -0.4 is 15.4 Å². The fraction of sp³-hybridized carbons (Fsp3) is 0.765. The highest BCUT2D eigenvalue weighted by Crippen LogP contribution is 2.39. The third kappa shape index (κ3) is 3.89. The van der Waals surface area contributed by atoms with Crippen LogP contribution in [0.25, 0.3) is 0 Å². The van der Waals surface area contributed by atoms with Gasteiger partial charge >= 0.3 is 0 Å². The van der Waals surface area contributed by atoms with Crippen LogP contribution in [0, 0.1) is 18.8 Å². The quantitative estimate of drug-likeness (QED) is 0.684. The smallest absolute Gasteiger partial charge is 0.278 e. The number of halogens is 1. The second kappa shape index (κ2) is 8.43. The van der Waals surface area contributed by atoms with Crippen molar-refractivity contribution < 1.29 is 19.0 Å². The Morgan fingerprint density at radius 2 is 2.19 bits per heavy atom. The van der Waals surface area contributed by atoms with E-state index in [4.69, 9.17) is 4.74 Å². The summed E-state index contributed by atoms with van der Waals surface area (Å²) in [6, 6.07) is -0.191. The minimum Gasteiger partial charge on any atom is -0.472 e. The van der Waals surface area contributed by atoms with E-state index in [2.05, 4.69) is 25.6 Å². The highest BCUT2D eigenvalue weighted by Gasteiger charge is 2.50. The number of rotatable bonds is 5. The first kappa shape index (κ1) is 19.9. The molecule has 0 radical (unpaired) electrons. The Morgan fingerprint density at radius 1 is 1.37 bits per heavy atom. The molecule has 10 heteroatoms. The molecule has 3 saturated heterocycles. The molecular weight excluding hydrogens is 374 g/mol. The van der Waals surface area contributed by atoms with Gasteiger partial charge in [-0.2, -0.15) is 0 Å². The number of fused-ring (bicyclic) bond motifs is 4. The highest BCUT2D eigenvalue weighted by molar-refractivity contribution is 5.89. The van der Waals surface area contributed by atoms with Gasteiger partial charge in [-0.3, -0.25) is 9.59 Å². The number of hydrogen-bond acceptors (Lipinski definition) is 7. The van der Waals surface area contributed by atoms with Crippen LogP contribution in [0.4, 0.5) is 0 Å². The number of carbonyl (C=O) groups is 2. The lowest BCUT2D eigenvalue weighted by Gasteiger charge is -2.53. The first-order valence-corrected chi connectivity index (χ1v) is 9.36. The molecule has 1 aromatic heterocycles. The van der Waals surface area contributed by atoms with Crippen LogP contribution in [-0.4, -0.2) is 65.4 Å². The molecule has 0 aliphatic carbocycles. The van der Waals surface area contributed by atoms with E-state index >= 15 is 0 Å². The van der Waals surface area contributed by atoms with Gasteiger partial charge in [0.1, 0.15) is 18.3 Å². The molecule has 2 amide bonds. The van der Waals surface area contributed by atoms with Gasteiger partial charge < -0.3 is 20.3 Å². The number of amides is 2. The summed E-state index contributed by atoms with van der Waals surface area (Å²) in [4.78, 5) is 27.4. The van der Waals surface area contributed by atoms with Crippen molar-refractivity contribution in [2.45, 2.75) is 44.7 Å². The van der Waals surface area contributed by atoms with Crippen molar-refractivity contribution in [2.24, 2.45) is 11.8 Å². The van der Waals surface area contributed by atoms with Crippen LogP contribution in [0.15, 0.2) is 4.63 Å². The van der Waals surface area contributed by atoms with E-state index in [0.717, 1.165) is 32.4 Å². The lowest BCUT2D eigenvalue weighted by Crippen LogP contribution is -2.68. The van der Waals surface area contributed by atoms with Gasteiger partial charge in [0.2, 0.25) is 11.8 Å². The van der Waals surface area contributed by atoms with Crippen molar-refractivity contribution in [3.05, 3.63) is 5.69 Å². The summed E-state index contributed by atoms with van der Waals surface area (Å²) < 4.78 is 10.0. The number of aryl methyl sites for hydroxylation is 1.